The molecule has 0 radical (unpaired) electrons. The highest BCUT2D eigenvalue weighted by Gasteiger charge is 2.16. The maximum Gasteiger partial charge on any atom is 0.341 e. The van der Waals surface area contributed by atoms with Crippen molar-refractivity contribution in [3.63, 3.8) is 0 Å². The molecular formula is C13H9ClN2O2. The van der Waals surface area contributed by atoms with Crippen LogP contribution in [0.4, 0.5) is 0 Å². The van der Waals surface area contributed by atoms with Gasteiger partial charge in [-0.25, -0.2) is 4.79 Å². The number of rotatable bonds is 2. The van der Waals surface area contributed by atoms with E-state index in [2.05, 4.69) is 4.98 Å². The number of hydrogen-bond donors (Lipinski definition) is 0. The van der Waals surface area contributed by atoms with Crippen LogP contribution in [0.2, 0.25) is 5.02 Å². The summed E-state index contributed by atoms with van der Waals surface area (Å²) in [5, 5.41) is 9.72. The van der Waals surface area contributed by atoms with Crippen LogP contribution in [0.25, 0.3) is 10.9 Å². The highest BCUT2D eigenvalue weighted by atomic mass is 35.5. The summed E-state index contributed by atoms with van der Waals surface area (Å²) in [6, 6.07) is 7.11. The van der Waals surface area contributed by atoms with E-state index >= 15 is 0 Å². The van der Waals surface area contributed by atoms with Crippen molar-refractivity contribution in [1.82, 2.24) is 4.98 Å². The lowest BCUT2D eigenvalue weighted by molar-refractivity contribution is 0.0526. The molecule has 2 aromatic rings. The number of halogens is 1. The fourth-order valence-electron chi connectivity index (χ4n) is 1.65. The molecule has 0 spiro atoms. The quantitative estimate of drug-likeness (QED) is 0.779. The molecule has 90 valence electrons. The van der Waals surface area contributed by atoms with E-state index in [1.165, 1.54) is 6.20 Å². The van der Waals surface area contributed by atoms with Crippen molar-refractivity contribution in [3.8, 4) is 6.07 Å². The van der Waals surface area contributed by atoms with Gasteiger partial charge in [0.1, 0.15) is 0 Å². The van der Waals surface area contributed by atoms with Crippen molar-refractivity contribution in [2.75, 3.05) is 6.61 Å². The van der Waals surface area contributed by atoms with Gasteiger partial charge in [-0.2, -0.15) is 5.26 Å². The van der Waals surface area contributed by atoms with Gasteiger partial charge in [0.25, 0.3) is 0 Å². The fraction of sp³-hybridized carbons (Fsp3) is 0.154. The molecule has 1 heterocycles. The Kier molecular flexibility index (Phi) is 3.45. The Hall–Kier alpha value is -2.12. The highest BCUT2D eigenvalue weighted by Crippen LogP contribution is 2.28. The molecule has 5 heteroatoms. The number of esters is 1. The van der Waals surface area contributed by atoms with E-state index in [0.29, 0.717) is 16.5 Å². The molecule has 18 heavy (non-hydrogen) atoms. The van der Waals surface area contributed by atoms with Crippen LogP contribution in [-0.4, -0.2) is 17.6 Å². The van der Waals surface area contributed by atoms with Crippen LogP contribution < -0.4 is 0 Å². The second-order valence-corrected chi connectivity index (χ2v) is 3.90. The minimum absolute atomic E-state index is 0.175. The zero-order chi connectivity index (χ0) is 13.1. The summed E-state index contributed by atoms with van der Waals surface area (Å²) in [5.74, 6) is -0.537. The Morgan fingerprint density at radius 2 is 2.33 bits per heavy atom. The predicted molar refractivity (Wildman–Crippen MR) is 67.4 cm³/mol. The van der Waals surface area contributed by atoms with Gasteiger partial charge in [0, 0.05) is 11.6 Å². The Labute approximate surface area is 109 Å². The maximum atomic E-state index is 11.7. The summed E-state index contributed by atoms with van der Waals surface area (Å²) in [7, 11) is 0. The molecule has 1 aromatic heterocycles. The Morgan fingerprint density at radius 1 is 1.56 bits per heavy atom. The summed E-state index contributed by atoms with van der Waals surface area (Å²) >= 11 is 6.16. The standard InChI is InChI=1S/C13H9ClN2O2/c1-2-18-13(17)9-7-16-10-5-3-4-8(6-15)11(10)12(9)14/h3-5,7H,2H2,1H3. The predicted octanol–water partition coefficient (Wildman–Crippen LogP) is 2.94. The fourth-order valence-corrected chi connectivity index (χ4v) is 1.97. The van der Waals surface area contributed by atoms with E-state index in [1.54, 1.807) is 25.1 Å². The highest BCUT2D eigenvalue weighted by molar-refractivity contribution is 6.38. The first kappa shape index (κ1) is 12.3. The SMILES string of the molecule is CCOC(=O)c1cnc2cccc(C#N)c2c1Cl. The van der Waals surface area contributed by atoms with Gasteiger partial charge in [-0.3, -0.25) is 4.98 Å². The number of nitriles is 1. The van der Waals surface area contributed by atoms with Crippen LogP contribution in [-0.2, 0) is 4.74 Å². The Morgan fingerprint density at radius 3 is 3.00 bits per heavy atom. The largest absolute Gasteiger partial charge is 0.462 e. The van der Waals surface area contributed by atoms with Gasteiger partial charge >= 0.3 is 5.97 Å². The van der Waals surface area contributed by atoms with E-state index < -0.39 is 5.97 Å². The third-order valence-electron chi connectivity index (χ3n) is 2.45. The van der Waals surface area contributed by atoms with Gasteiger partial charge in [-0.1, -0.05) is 17.7 Å². The molecule has 0 N–H and O–H groups in total. The molecule has 4 nitrogen and oxygen atoms in total. The summed E-state index contributed by atoms with van der Waals surface area (Å²) in [4.78, 5) is 15.8. The molecular weight excluding hydrogens is 252 g/mol. The molecule has 1 aromatic carbocycles. The van der Waals surface area contributed by atoms with Crippen LogP contribution in [0.3, 0.4) is 0 Å². The van der Waals surface area contributed by atoms with Crippen molar-refractivity contribution in [3.05, 3.63) is 40.5 Å². The second kappa shape index (κ2) is 5.03. The van der Waals surface area contributed by atoms with Gasteiger partial charge in [-0.15, -0.1) is 0 Å². The zero-order valence-electron chi connectivity index (χ0n) is 9.61. The molecule has 0 unspecified atom stereocenters. The molecule has 0 saturated heterocycles. The lowest BCUT2D eigenvalue weighted by Crippen LogP contribution is -2.06. The molecule has 0 atom stereocenters. The van der Waals surface area contributed by atoms with Crippen molar-refractivity contribution in [2.45, 2.75) is 6.92 Å². The molecule has 0 saturated carbocycles. The molecule has 0 aliphatic heterocycles. The molecule has 0 aliphatic carbocycles. The monoisotopic (exact) mass is 260 g/mol. The average Bonchev–Trinajstić information content (AvgIpc) is 2.38. The normalized spacial score (nSPS) is 10.1. The Balaban J connectivity index is 2.71. The smallest absolute Gasteiger partial charge is 0.341 e. The number of carbonyl (C=O) groups is 1. The molecule has 0 aliphatic rings. The lowest BCUT2D eigenvalue weighted by atomic mass is 10.1. The van der Waals surface area contributed by atoms with E-state index in [4.69, 9.17) is 21.6 Å². The topological polar surface area (TPSA) is 63.0 Å². The van der Waals surface area contributed by atoms with Crippen molar-refractivity contribution in [2.24, 2.45) is 0 Å². The summed E-state index contributed by atoms with van der Waals surface area (Å²) in [5.41, 5.74) is 1.14. The van der Waals surface area contributed by atoms with Crippen molar-refractivity contribution < 1.29 is 9.53 Å². The van der Waals surface area contributed by atoms with Crippen LogP contribution in [0.5, 0.6) is 0 Å². The third kappa shape index (κ3) is 2.01. The van der Waals surface area contributed by atoms with Crippen LogP contribution >= 0.6 is 11.6 Å². The van der Waals surface area contributed by atoms with E-state index in [0.717, 1.165) is 0 Å². The van der Waals surface area contributed by atoms with Gasteiger partial charge in [0.05, 0.1) is 34.3 Å². The van der Waals surface area contributed by atoms with E-state index in [1.807, 2.05) is 6.07 Å². The number of ether oxygens (including phenoxy) is 1. The van der Waals surface area contributed by atoms with Gasteiger partial charge in [0.2, 0.25) is 0 Å². The minimum Gasteiger partial charge on any atom is -0.462 e. The number of benzene rings is 1. The second-order valence-electron chi connectivity index (χ2n) is 3.52. The molecule has 2 rings (SSSR count). The molecule has 0 bridgehead atoms. The lowest BCUT2D eigenvalue weighted by Gasteiger charge is -2.07. The summed E-state index contributed by atoms with van der Waals surface area (Å²) in [6.45, 7) is 1.97. The third-order valence-corrected chi connectivity index (χ3v) is 2.84. The first-order chi connectivity index (χ1) is 8.69. The van der Waals surface area contributed by atoms with Gasteiger partial charge < -0.3 is 4.74 Å². The maximum absolute atomic E-state index is 11.7. The number of hydrogen-bond acceptors (Lipinski definition) is 4. The van der Waals surface area contributed by atoms with Crippen LogP contribution in [0.1, 0.15) is 22.8 Å². The zero-order valence-corrected chi connectivity index (χ0v) is 10.4. The Bertz CT molecular complexity index is 662. The van der Waals surface area contributed by atoms with Crippen molar-refractivity contribution >= 4 is 28.5 Å². The first-order valence-corrected chi connectivity index (χ1v) is 5.71. The van der Waals surface area contributed by atoms with Gasteiger partial charge in [0.15, 0.2) is 0 Å². The summed E-state index contributed by atoms with van der Waals surface area (Å²) < 4.78 is 4.88. The van der Waals surface area contributed by atoms with Crippen molar-refractivity contribution in [1.29, 1.82) is 5.26 Å². The molecule has 0 amide bonds. The van der Waals surface area contributed by atoms with E-state index in [9.17, 15) is 4.79 Å². The van der Waals surface area contributed by atoms with Gasteiger partial charge in [-0.05, 0) is 19.1 Å². The minimum atomic E-state index is -0.537. The molecule has 0 fully saturated rings. The number of pyridine rings is 1. The average molecular weight is 261 g/mol. The number of aromatic nitrogens is 1. The number of fused-ring (bicyclic) bond motifs is 1. The summed E-state index contributed by atoms with van der Waals surface area (Å²) in [6.07, 6.45) is 1.36. The first-order valence-electron chi connectivity index (χ1n) is 5.33. The van der Waals surface area contributed by atoms with E-state index in [-0.39, 0.29) is 17.2 Å². The van der Waals surface area contributed by atoms with Crippen LogP contribution in [0, 0.1) is 11.3 Å². The number of nitrogens with zero attached hydrogens (tertiary/aromatic N) is 2. The van der Waals surface area contributed by atoms with Crippen LogP contribution in [0.15, 0.2) is 24.4 Å². The number of carbonyl (C=O) groups excluding carboxylic acids is 1.